The maximum atomic E-state index is 13.6. The molecule has 5 heteroatoms. The van der Waals surface area contributed by atoms with Crippen molar-refractivity contribution in [2.24, 2.45) is 0 Å². The number of rotatable bonds is 4. The van der Waals surface area contributed by atoms with Crippen LogP contribution in [-0.4, -0.2) is 24.1 Å². The molecule has 1 aromatic heterocycles. The van der Waals surface area contributed by atoms with Crippen molar-refractivity contribution in [3.05, 3.63) is 47.5 Å². The predicted molar refractivity (Wildman–Crippen MR) is 74.8 cm³/mol. The van der Waals surface area contributed by atoms with Crippen LogP contribution in [0.3, 0.4) is 0 Å². The van der Waals surface area contributed by atoms with E-state index in [1.807, 2.05) is 32.0 Å². The van der Waals surface area contributed by atoms with E-state index < -0.39 is 0 Å². The third-order valence-corrected chi connectivity index (χ3v) is 3.02. The molecule has 1 heterocycles. The van der Waals surface area contributed by atoms with Crippen LogP contribution in [0.2, 0.25) is 0 Å². The lowest BCUT2D eigenvalue weighted by atomic mass is 10.2. The van der Waals surface area contributed by atoms with Crippen LogP contribution in [0.25, 0.3) is 0 Å². The van der Waals surface area contributed by atoms with Crippen LogP contribution in [0, 0.1) is 12.7 Å². The first-order chi connectivity index (χ1) is 9.13. The molecule has 0 unspecified atom stereocenters. The molecule has 0 amide bonds. The summed E-state index contributed by atoms with van der Waals surface area (Å²) in [6.07, 6.45) is 1.51. The topological polar surface area (TPSA) is 41.1 Å². The van der Waals surface area contributed by atoms with Crippen LogP contribution in [0.15, 0.2) is 30.6 Å². The minimum atomic E-state index is -0.199. The zero-order chi connectivity index (χ0) is 13.8. The van der Waals surface area contributed by atoms with Crippen molar-refractivity contribution in [1.82, 2.24) is 9.97 Å². The highest BCUT2D eigenvalue weighted by Crippen LogP contribution is 2.22. The lowest BCUT2D eigenvalue weighted by Gasteiger charge is -2.21. The van der Waals surface area contributed by atoms with Crippen LogP contribution in [0.4, 0.5) is 16.0 Å². The molecule has 0 atom stereocenters. The van der Waals surface area contributed by atoms with Crippen molar-refractivity contribution in [2.45, 2.75) is 13.5 Å². The lowest BCUT2D eigenvalue weighted by molar-refractivity contribution is 0.607. The molecule has 0 fully saturated rings. The number of benzene rings is 1. The van der Waals surface area contributed by atoms with Gasteiger partial charge in [0.1, 0.15) is 23.8 Å². The van der Waals surface area contributed by atoms with Gasteiger partial charge in [-0.25, -0.2) is 14.4 Å². The molecule has 0 bridgehead atoms. The van der Waals surface area contributed by atoms with Gasteiger partial charge in [-0.1, -0.05) is 18.2 Å². The fourth-order valence-corrected chi connectivity index (χ4v) is 2.03. The molecule has 0 saturated carbocycles. The molecule has 100 valence electrons. The Hall–Kier alpha value is -2.17. The summed E-state index contributed by atoms with van der Waals surface area (Å²) in [6, 6.07) is 6.77. The van der Waals surface area contributed by atoms with Gasteiger partial charge >= 0.3 is 0 Å². The Labute approximate surface area is 112 Å². The Morgan fingerprint density at radius 1 is 1.26 bits per heavy atom. The Morgan fingerprint density at radius 3 is 2.68 bits per heavy atom. The quantitative estimate of drug-likeness (QED) is 0.917. The van der Waals surface area contributed by atoms with Crippen molar-refractivity contribution in [3.8, 4) is 0 Å². The predicted octanol–water partition coefficient (Wildman–Crippen LogP) is 2.60. The molecule has 0 saturated heterocycles. The highest BCUT2D eigenvalue weighted by atomic mass is 19.1. The minimum absolute atomic E-state index is 0.199. The highest BCUT2D eigenvalue weighted by molar-refractivity contribution is 5.57. The standard InChI is InChI=1S/C14H17FN4/c1-10-13(16-2)17-9-18-14(10)19(3)8-11-6-4-5-7-12(11)15/h4-7,9H,8H2,1-3H3,(H,16,17,18). The fraction of sp³-hybridized carbons (Fsp3) is 0.286. The van der Waals surface area contributed by atoms with Gasteiger partial charge in [-0.05, 0) is 13.0 Å². The summed E-state index contributed by atoms with van der Waals surface area (Å²) in [7, 11) is 3.71. The molecule has 1 N–H and O–H groups in total. The zero-order valence-electron chi connectivity index (χ0n) is 11.3. The minimum Gasteiger partial charge on any atom is -0.373 e. The average molecular weight is 260 g/mol. The second-order valence-electron chi connectivity index (χ2n) is 4.37. The second kappa shape index (κ2) is 5.65. The van der Waals surface area contributed by atoms with Crippen LogP contribution in [0.5, 0.6) is 0 Å². The van der Waals surface area contributed by atoms with E-state index in [0.29, 0.717) is 12.1 Å². The number of aromatic nitrogens is 2. The number of nitrogens with zero attached hydrogens (tertiary/aromatic N) is 3. The summed E-state index contributed by atoms with van der Waals surface area (Å²) in [5, 5.41) is 3.01. The van der Waals surface area contributed by atoms with Crippen molar-refractivity contribution in [2.75, 3.05) is 24.3 Å². The summed E-state index contributed by atoms with van der Waals surface area (Å²) >= 11 is 0. The van der Waals surface area contributed by atoms with Crippen molar-refractivity contribution in [1.29, 1.82) is 0 Å². The summed E-state index contributed by atoms with van der Waals surface area (Å²) in [6.45, 7) is 2.41. The molecule has 0 aliphatic heterocycles. The summed E-state index contributed by atoms with van der Waals surface area (Å²) < 4.78 is 13.6. The van der Waals surface area contributed by atoms with Gasteiger partial charge in [0.25, 0.3) is 0 Å². The van der Waals surface area contributed by atoms with Gasteiger partial charge in [-0.3, -0.25) is 0 Å². The van der Waals surface area contributed by atoms with E-state index >= 15 is 0 Å². The van der Waals surface area contributed by atoms with E-state index in [2.05, 4.69) is 15.3 Å². The molecule has 4 nitrogen and oxygen atoms in total. The average Bonchev–Trinajstić information content (AvgIpc) is 2.41. The first kappa shape index (κ1) is 13.3. The van der Waals surface area contributed by atoms with Crippen LogP contribution >= 0.6 is 0 Å². The highest BCUT2D eigenvalue weighted by Gasteiger charge is 2.12. The monoisotopic (exact) mass is 260 g/mol. The number of hydrogen-bond donors (Lipinski definition) is 1. The van der Waals surface area contributed by atoms with Gasteiger partial charge in [0.15, 0.2) is 0 Å². The maximum absolute atomic E-state index is 13.6. The first-order valence-corrected chi connectivity index (χ1v) is 6.07. The molecular formula is C14H17FN4. The zero-order valence-corrected chi connectivity index (χ0v) is 11.3. The van der Waals surface area contributed by atoms with E-state index in [4.69, 9.17) is 0 Å². The van der Waals surface area contributed by atoms with Crippen molar-refractivity contribution < 1.29 is 4.39 Å². The Morgan fingerprint density at radius 2 is 2.00 bits per heavy atom. The molecule has 0 aliphatic rings. The summed E-state index contributed by atoms with van der Waals surface area (Å²) in [4.78, 5) is 10.3. The molecule has 0 radical (unpaired) electrons. The smallest absolute Gasteiger partial charge is 0.137 e. The maximum Gasteiger partial charge on any atom is 0.137 e. The number of halogens is 1. The first-order valence-electron chi connectivity index (χ1n) is 6.07. The van der Waals surface area contributed by atoms with E-state index in [1.165, 1.54) is 12.4 Å². The molecule has 19 heavy (non-hydrogen) atoms. The van der Waals surface area contributed by atoms with Gasteiger partial charge in [-0.15, -0.1) is 0 Å². The molecule has 0 spiro atoms. The van der Waals surface area contributed by atoms with E-state index in [-0.39, 0.29) is 5.82 Å². The third-order valence-electron chi connectivity index (χ3n) is 3.02. The SMILES string of the molecule is CNc1ncnc(N(C)Cc2ccccc2F)c1C. The van der Waals surface area contributed by atoms with Crippen LogP contribution < -0.4 is 10.2 Å². The molecule has 2 rings (SSSR count). The second-order valence-corrected chi connectivity index (χ2v) is 4.37. The molecule has 1 aromatic carbocycles. The Bertz CT molecular complexity index is 571. The van der Waals surface area contributed by atoms with Gasteiger partial charge in [0, 0.05) is 31.8 Å². The Balaban J connectivity index is 2.26. The van der Waals surface area contributed by atoms with E-state index in [1.54, 1.807) is 12.1 Å². The van der Waals surface area contributed by atoms with Crippen LogP contribution in [0.1, 0.15) is 11.1 Å². The van der Waals surface area contributed by atoms with Crippen molar-refractivity contribution >= 4 is 11.6 Å². The third kappa shape index (κ3) is 2.81. The van der Waals surface area contributed by atoms with Gasteiger partial charge in [0.05, 0.1) is 0 Å². The molecular weight excluding hydrogens is 243 g/mol. The normalized spacial score (nSPS) is 10.3. The fourth-order valence-electron chi connectivity index (χ4n) is 2.03. The van der Waals surface area contributed by atoms with Crippen molar-refractivity contribution in [3.63, 3.8) is 0 Å². The van der Waals surface area contributed by atoms with Gasteiger partial charge in [-0.2, -0.15) is 0 Å². The summed E-state index contributed by atoms with van der Waals surface area (Å²) in [5.41, 5.74) is 1.60. The molecule has 2 aromatic rings. The largest absolute Gasteiger partial charge is 0.373 e. The van der Waals surface area contributed by atoms with Gasteiger partial charge in [0.2, 0.25) is 0 Å². The number of hydrogen-bond acceptors (Lipinski definition) is 4. The van der Waals surface area contributed by atoms with Gasteiger partial charge < -0.3 is 10.2 Å². The van der Waals surface area contributed by atoms with E-state index in [0.717, 1.165) is 17.2 Å². The lowest BCUT2D eigenvalue weighted by Crippen LogP contribution is -2.20. The number of anilines is 2. The number of nitrogens with one attached hydrogen (secondary N) is 1. The van der Waals surface area contributed by atoms with E-state index in [9.17, 15) is 4.39 Å². The summed E-state index contributed by atoms with van der Waals surface area (Å²) in [5.74, 6) is 1.38. The van der Waals surface area contributed by atoms with Crippen LogP contribution in [-0.2, 0) is 6.54 Å². The Kier molecular flexibility index (Phi) is 3.94. The molecule has 0 aliphatic carbocycles.